The number of aliphatic carboxylic acids is 4. The van der Waals surface area contributed by atoms with Crippen LogP contribution in [0.2, 0.25) is 0 Å². The number of carboxylic acids is 4. The van der Waals surface area contributed by atoms with Crippen LogP contribution in [-0.4, -0.2) is 92.1 Å². The van der Waals surface area contributed by atoms with Crippen molar-refractivity contribution in [2.24, 2.45) is 11.5 Å². The van der Waals surface area contributed by atoms with Crippen molar-refractivity contribution >= 4 is 47.5 Å². The summed E-state index contributed by atoms with van der Waals surface area (Å²) in [5, 5.41) is 41.9. The maximum atomic E-state index is 12.8. The van der Waals surface area contributed by atoms with Crippen molar-refractivity contribution in [3.05, 3.63) is 0 Å². The van der Waals surface area contributed by atoms with E-state index in [1.165, 1.54) is 0 Å². The third-order valence-electron chi connectivity index (χ3n) is 4.87. The summed E-state index contributed by atoms with van der Waals surface area (Å²) >= 11 is 0. The standard InChI is InChI=1S/C20H31N5O12/c21-9(1-5-13(26)27)18(35)24-11(3-7-15(30)31)20(37)25-12(4-8-16(32)33)19(36)23-10(17(22)34)2-6-14(28)29/h9-12H,1-8,21H2,(H2,22,34)(H,23,36)(H,24,35)(H,25,37)(H,26,27)(H,28,29)(H,30,31)(H,32,33)/t9-,10-,11-,12-/m0/s1. The zero-order valence-electron chi connectivity index (χ0n) is 19.7. The number of amides is 4. The maximum absolute atomic E-state index is 12.8. The van der Waals surface area contributed by atoms with E-state index in [9.17, 15) is 38.4 Å². The van der Waals surface area contributed by atoms with Crippen LogP contribution in [0.4, 0.5) is 0 Å². The molecule has 0 saturated heterocycles. The quantitative estimate of drug-likeness (QED) is 0.0787. The molecular weight excluding hydrogens is 502 g/mol. The number of carbonyl (C=O) groups is 8. The van der Waals surface area contributed by atoms with Crippen LogP contribution in [0.1, 0.15) is 51.4 Å². The first kappa shape index (κ1) is 32.7. The Kier molecular flexibility index (Phi) is 14.5. The minimum absolute atomic E-state index is 0.289. The Morgan fingerprint density at radius 3 is 1.16 bits per heavy atom. The van der Waals surface area contributed by atoms with Crippen molar-refractivity contribution in [1.29, 1.82) is 0 Å². The van der Waals surface area contributed by atoms with Crippen LogP contribution < -0.4 is 27.4 Å². The smallest absolute Gasteiger partial charge is 0.303 e. The third kappa shape index (κ3) is 14.7. The zero-order valence-corrected chi connectivity index (χ0v) is 19.7. The summed E-state index contributed by atoms with van der Waals surface area (Å²) in [4.78, 5) is 92.8. The Morgan fingerprint density at radius 2 is 0.811 bits per heavy atom. The number of carbonyl (C=O) groups excluding carboxylic acids is 4. The summed E-state index contributed by atoms with van der Waals surface area (Å²) in [5.41, 5.74) is 10.8. The summed E-state index contributed by atoms with van der Waals surface area (Å²) < 4.78 is 0. The molecule has 0 aromatic carbocycles. The number of nitrogens with one attached hydrogen (secondary N) is 3. The minimum Gasteiger partial charge on any atom is -0.481 e. The lowest BCUT2D eigenvalue weighted by atomic mass is 10.0. The second-order valence-electron chi connectivity index (χ2n) is 7.92. The first-order chi connectivity index (χ1) is 17.1. The fraction of sp³-hybridized carbons (Fsp3) is 0.600. The molecule has 37 heavy (non-hydrogen) atoms. The minimum atomic E-state index is -1.60. The van der Waals surface area contributed by atoms with E-state index in [0.29, 0.717) is 0 Å². The molecule has 0 unspecified atom stereocenters. The molecular formula is C20H31N5O12. The molecule has 0 rings (SSSR count). The number of carboxylic acid groups (broad SMARTS) is 4. The Labute approximate surface area is 209 Å². The SMILES string of the molecule is NC(=O)[C@H](CCC(=O)O)NC(=O)[C@H](CCC(=O)O)NC(=O)[C@H](CCC(=O)O)NC(=O)[C@@H](N)CCC(=O)O. The highest BCUT2D eigenvalue weighted by molar-refractivity contribution is 5.95. The van der Waals surface area contributed by atoms with E-state index in [1.807, 2.05) is 0 Å². The van der Waals surface area contributed by atoms with Crippen molar-refractivity contribution in [2.45, 2.75) is 75.5 Å². The second kappa shape index (κ2) is 16.4. The molecule has 17 nitrogen and oxygen atoms in total. The van der Waals surface area contributed by atoms with Gasteiger partial charge in [0.05, 0.1) is 6.04 Å². The Bertz CT molecular complexity index is 893. The van der Waals surface area contributed by atoms with E-state index in [-0.39, 0.29) is 12.8 Å². The number of nitrogens with two attached hydrogens (primary N) is 2. The summed E-state index contributed by atoms with van der Waals surface area (Å²) in [5.74, 6) is -9.41. The van der Waals surface area contributed by atoms with Gasteiger partial charge in [-0.1, -0.05) is 0 Å². The summed E-state index contributed by atoms with van der Waals surface area (Å²) in [6, 6.07) is -5.96. The normalized spacial score (nSPS) is 13.8. The largest absolute Gasteiger partial charge is 0.481 e. The molecule has 0 aliphatic carbocycles. The number of primary amides is 1. The fourth-order valence-electron chi connectivity index (χ4n) is 2.86. The molecule has 0 aromatic heterocycles. The van der Waals surface area contributed by atoms with Crippen LogP contribution in [0.3, 0.4) is 0 Å². The molecule has 0 heterocycles. The zero-order chi connectivity index (χ0) is 28.7. The van der Waals surface area contributed by atoms with Gasteiger partial charge in [0.2, 0.25) is 23.6 Å². The first-order valence-corrected chi connectivity index (χ1v) is 11.0. The lowest BCUT2D eigenvalue weighted by molar-refractivity contribution is -0.140. The molecule has 0 aromatic rings. The van der Waals surface area contributed by atoms with Crippen molar-refractivity contribution in [2.75, 3.05) is 0 Å². The lowest BCUT2D eigenvalue weighted by Crippen LogP contribution is -2.57. The van der Waals surface area contributed by atoms with Crippen molar-refractivity contribution in [1.82, 2.24) is 16.0 Å². The lowest BCUT2D eigenvalue weighted by Gasteiger charge is -2.25. The average Bonchev–Trinajstić information content (AvgIpc) is 2.79. The van der Waals surface area contributed by atoms with Crippen molar-refractivity contribution < 1.29 is 58.8 Å². The van der Waals surface area contributed by atoms with E-state index >= 15 is 0 Å². The molecule has 4 amide bonds. The van der Waals surface area contributed by atoms with Crippen LogP contribution in [0.15, 0.2) is 0 Å². The molecule has 0 bridgehead atoms. The molecule has 208 valence electrons. The van der Waals surface area contributed by atoms with Gasteiger partial charge < -0.3 is 47.8 Å². The summed E-state index contributed by atoms with van der Waals surface area (Å²) in [6.07, 6.45) is -3.85. The van der Waals surface area contributed by atoms with Crippen LogP contribution in [0.25, 0.3) is 0 Å². The van der Waals surface area contributed by atoms with Crippen molar-refractivity contribution in [3.63, 3.8) is 0 Å². The van der Waals surface area contributed by atoms with Gasteiger partial charge in [0.25, 0.3) is 0 Å². The average molecular weight is 533 g/mol. The molecule has 17 heteroatoms. The van der Waals surface area contributed by atoms with E-state index in [2.05, 4.69) is 16.0 Å². The van der Waals surface area contributed by atoms with E-state index in [1.54, 1.807) is 0 Å². The number of hydrogen-bond donors (Lipinski definition) is 9. The molecule has 11 N–H and O–H groups in total. The fourth-order valence-corrected chi connectivity index (χ4v) is 2.86. The van der Waals surface area contributed by atoms with Gasteiger partial charge in [-0.05, 0) is 25.7 Å². The topological polar surface area (TPSA) is 306 Å². The van der Waals surface area contributed by atoms with Gasteiger partial charge in [0, 0.05) is 25.7 Å². The Balaban J connectivity index is 5.64. The van der Waals surface area contributed by atoms with E-state index in [4.69, 9.17) is 31.9 Å². The molecule has 0 aliphatic rings. The highest BCUT2D eigenvalue weighted by atomic mass is 16.4. The van der Waals surface area contributed by atoms with Crippen LogP contribution in [0.5, 0.6) is 0 Å². The number of rotatable bonds is 19. The first-order valence-electron chi connectivity index (χ1n) is 11.0. The predicted octanol–water partition coefficient (Wildman–Crippen LogP) is -3.29. The Morgan fingerprint density at radius 1 is 0.514 bits per heavy atom. The van der Waals surface area contributed by atoms with E-state index in [0.717, 1.165) is 0 Å². The second-order valence-corrected chi connectivity index (χ2v) is 7.92. The number of hydrogen-bond acceptors (Lipinski definition) is 9. The van der Waals surface area contributed by atoms with Gasteiger partial charge in [0.1, 0.15) is 18.1 Å². The van der Waals surface area contributed by atoms with Gasteiger partial charge >= 0.3 is 23.9 Å². The van der Waals surface area contributed by atoms with Gasteiger partial charge in [-0.3, -0.25) is 38.4 Å². The molecule has 0 aliphatic heterocycles. The van der Waals surface area contributed by atoms with Gasteiger partial charge in [-0.15, -0.1) is 0 Å². The summed E-state index contributed by atoms with van der Waals surface area (Å²) in [6.45, 7) is 0. The van der Waals surface area contributed by atoms with Crippen LogP contribution in [0, 0.1) is 0 Å². The monoisotopic (exact) mass is 533 g/mol. The summed E-state index contributed by atoms with van der Waals surface area (Å²) in [7, 11) is 0. The maximum Gasteiger partial charge on any atom is 0.303 e. The molecule has 0 fully saturated rings. The Hall–Kier alpha value is -4.28. The van der Waals surface area contributed by atoms with Gasteiger partial charge in [0.15, 0.2) is 0 Å². The highest BCUT2D eigenvalue weighted by Gasteiger charge is 2.30. The van der Waals surface area contributed by atoms with Gasteiger partial charge in [-0.25, -0.2) is 0 Å². The molecule has 0 radical (unpaired) electrons. The molecule has 0 saturated carbocycles. The molecule has 0 spiro atoms. The third-order valence-corrected chi connectivity index (χ3v) is 4.87. The van der Waals surface area contributed by atoms with Crippen LogP contribution in [-0.2, 0) is 38.4 Å². The predicted molar refractivity (Wildman–Crippen MR) is 120 cm³/mol. The molecule has 4 atom stereocenters. The van der Waals surface area contributed by atoms with E-state index < -0.39 is 110 Å². The van der Waals surface area contributed by atoms with Crippen LogP contribution >= 0.6 is 0 Å². The van der Waals surface area contributed by atoms with Gasteiger partial charge in [-0.2, -0.15) is 0 Å². The highest BCUT2D eigenvalue weighted by Crippen LogP contribution is 2.06. The van der Waals surface area contributed by atoms with Crippen molar-refractivity contribution in [3.8, 4) is 0 Å².